The Labute approximate surface area is 109 Å². The van der Waals surface area contributed by atoms with Crippen molar-refractivity contribution in [2.75, 3.05) is 18.0 Å². The summed E-state index contributed by atoms with van der Waals surface area (Å²) >= 11 is 0. The molecule has 0 aromatic heterocycles. The van der Waals surface area contributed by atoms with Crippen molar-refractivity contribution in [2.45, 2.75) is 27.2 Å². The van der Waals surface area contributed by atoms with Crippen molar-refractivity contribution in [1.82, 2.24) is 0 Å². The van der Waals surface area contributed by atoms with Crippen molar-refractivity contribution in [2.24, 2.45) is 0 Å². The molecule has 3 heteroatoms. The Bertz CT molecular complexity index is 452. The first kappa shape index (κ1) is 14.3. The molecule has 0 aliphatic rings. The zero-order valence-electron chi connectivity index (χ0n) is 11.4. The van der Waals surface area contributed by atoms with E-state index < -0.39 is 5.97 Å². The third-order valence-corrected chi connectivity index (χ3v) is 2.97. The van der Waals surface area contributed by atoms with E-state index in [0.717, 1.165) is 11.3 Å². The Kier molecular flexibility index (Phi) is 4.95. The molecule has 0 spiro atoms. The summed E-state index contributed by atoms with van der Waals surface area (Å²) in [6.07, 6.45) is 0.140. The van der Waals surface area contributed by atoms with Crippen LogP contribution in [-0.2, 0) is 4.79 Å². The number of aryl methyl sites for hydroxylation is 1. The highest BCUT2D eigenvalue weighted by molar-refractivity contribution is 5.68. The van der Waals surface area contributed by atoms with Gasteiger partial charge in [-0.3, -0.25) is 4.79 Å². The Morgan fingerprint density at radius 1 is 1.39 bits per heavy atom. The van der Waals surface area contributed by atoms with E-state index in [1.54, 1.807) is 0 Å². The van der Waals surface area contributed by atoms with Crippen LogP contribution in [0.1, 0.15) is 24.5 Å². The van der Waals surface area contributed by atoms with E-state index in [4.69, 9.17) is 5.11 Å². The number of carboxylic acid groups (broad SMARTS) is 1. The number of benzene rings is 1. The normalized spacial score (nSPS) is 10.2. The molecule has 0 aliphatic heterocycles. The lowest BCUT2D eigenvalue weighted by Crippen LogP contribution is -2.28. The molecule has 0 atom stereocenters. The predicted octanol–water partition coefficient (Wildman–Crippen LogP) is 3.16. The van der Waals surface area contributed by atoms with Crippen LogP contribution < -0.4 is 4.90 Å². The van der Waals surface area contributed by atoms with Gasteiger partial charge in [0.25, 0.3) is 0 Å². The maximum atomic E-state index is 10.7. The van der Waals surface area contributed by atoms with Crippen LogP contribution in [0.25, 0.3) is 0 Å². The molecule has 0 amide bonds. The molecule has 1 aromatic carbocycles. The molecule has 1 rings (SSSR count). The Hall–Kier alpha value is -1.77. The predicted molar refractivity (Wildman–Crippen MR) is 75.2 cm³/mol. The second-order valence-corrected chi connectivity index (χ2v) is 4.74. The Morgan fingerprint density at radius 2 is 2.06 bits per heavy atom. The maximum Gasteiger partial charge on any atom is 0.305 e. The van der Waals surface area contributed by atoms with E-state index in [2.05, 4.69) is 31.4 Å². The van der Waals surface area contributed by atoms with Crippen LogP contribution in [0, 0.1) is 13.8 Å². The van der Waals surface area contributed by atoms with Crippen molar-refractivity contribution in [1.29, 1.82) is 0 Å². The third-order valence-electron chi connectivity index (χ3n) is 2.97. The van der Waals surface area contributed by atoms with Gasteiger partial charge in [0, 0.05) is 18.8 Å². The fourth-order valence-corrected chi connectivity index (χ4v) is 1.92. The molecule has 0 aliphatic carbocycles. The molecule has 18 heavy (non-hydrogen) atoms. The number of anilines is 1. The average molecular weight is 247 g/mol. The van der Waals surface area contributed by atoms with E-state index in [1.165, 1.54) is 11.1 Å². The summed E-state index contributed by atoms with van der Waals surface area (Å²) < 4.78 is 0. The zero-order chi connectivity index (χ0) is 13.7. The van der Waals surface area contributed by atoms with Gasteiger partial charge in [0.05, 0.1) is 6.42 Å². The first-order valence-electron chi connectivity index (χ1n) is 6.09. The van der Waals surface area contributed by atoms with E-state index >= 15 is 0 Å². The number of hydrogen-bond acceptors (Lipinski definition) is 2. The van der Waals surface area contributed by atoms with Crippen molar-refractivity contribution in [3.63, 3.8) is 0 Å². The third kappa shape index (κ3) is 3.91. The van der Waals surface area contributed by atoms with Crippen LogP contribution in [0.5, 0.6) is 0 Å². The average Bonchev–Trinajstić information content (AvgIpc) is 2.27. The summed E-state index contributed by atoms with van der Waals surface area (Å²) in [5.74, 6) is -0.771. The highest BCUT2D eigenvalue weighted by atomic mass is 16.4. The smallest absolute Gasteiger partial charge is 0.305 e. The second-order valence-electron chi connectivity index (χ2n) is 4.74. The molecule has 98 valence electrons. The highest BCUT2D eigenvalue weighted by Crippen LogP contribution is 2.23. The summed E-state index contributed by atoms with van der Waals surface area (Å²) in [4.78, 5) is 12.8. The number of hydrogen-bond donors (Lipinski definition) is 1. The Morgan fingerprint density at radius 3 is 2.61 bits per heavy atom. The van der Waals surface area contributed by atoms with Gasteiger partial charge in [-0.1, -0.05) is 24.3 Å². The van der Waals surface area contributed by atoms with Gasteiger partial charge < -0.3 is 10.0 Å². The first-order chi connectivity index (χ1) is 8.41. The van der Waals surface area contributed by atoms with E-state index in [9.17, 15) is 4.79 Å². The standard InChI is InChI=1S/C15H21NO2/c1-11(2)10-16(9-8-15(17)18)14-7-5-6-12(3)13(14)4/h5-7H,1,8-10H2,2-4H3,(H,17,18). The lowest BCUT2D eigenvalue weighted by atomic mass is 10.1. The second kappa shape index (κ2) is 6.24. The number of carbonyl (C=O) groups is 1. The van der Waals surface area contributed by atoms with Crippen molar-refractivity contribution >= 4 is 11.7 Å². The van der Waals surface area contributed by atoms with Gasteiger partial charge in [-0.15, -0.1) is 0 Å². The van der Waals surface area contributed by atoms with Gasteiger partial charge in [0.2, 0.25) is 0 Å². The number of aliphatic carboxylic acids is 1. The SMILES string of the molecule is C=C(C)CN(CCC(=O)O)c1cccc(C)c1C. The minimum absolute atomic E-state index is 0.140. The van der Waals surface area contributed by atoms with Crippen LogP contribution in [0.3, 0.4) is 0 Å². The zero-order valence-corrected chi connectivity index (χ0v) is 11.4. The van der Waals surface area contributed by atoms with Crippen molar-refractivity contribution < 1.29 is 9.90 Å². The van der Waals surface area contributed by atoms with E-state index in [-0.39, 0.29) is 6.42 Å². The van der Waals surface area contributed by atoms with Gasteiger partial charge in [0.15, 0.2) is 0 Å². The summed E-state index contributed by atoms with van der Waals surface area (Å²) in [5.41, 5.74) is 4.54. The van der Waals surface area contributed by atoms with Crippen LogP contribution in [0.4, 0.5) is 5.69 Å². The quantitative estimate of drug-likeness (QED) is 0.785. The summed E-state index contributed by atoms with van der Waals surface area (Å²) in [6, 6.07) is 6.10. The number of rotatable bonds is 6. The fraction of sp³-hybridized carbons (Fsp3) is 0.400. The molecule has 0 saturated carbocycles. The molecule has 0 saturated heterocycles. The Balaban J connectivity index is 2.97. The summed E-state index contributed by atoms with van der Waals surface area (Å²) in [5, 5.41) is 8.82. The van der Waals surface area contributed by atoms with E-state index in [0.29, 0.717) is 13.1 Å². The van der Waals surface area contributed by atoms with Crippen LogP contribution in [0.15, 0.2) is 30.4 Å². The van der Waals surface area contributed by atoms with Gasteiger partial charge in [0.1, 0.15) is 0 Å². The largest absolute Gasteiger partial charge is 0.481 e. The maximum absolute atomic E-state index is 10.7. The number of carboxylic acids is 1. The van der Waals surface area contributed by atoms with Crippen LogP contribution in [0.2, 0.25) is 0 Å². The van der Waals surface area contributed by atoms with Crippen LogP contribution >= 0.6 is 0 Å². The van der Waals surface area contributed by atoms with Gasteiger partial charge in [-0.25, -0.2) is 0 Å². The molecule has 0 unspecified atom stereocenters. The van der Waals surface area contributed by atoms with Crippen molar-refractivity contribution in [3.8, 4) is 0 Å². The molecule has 3 nitrogen and oxygen atoms in total. The van der Waals surface area contributed by atoms with Gasteiger partial charge in [-0.05, 0) is 38.0 Å². The summed E-state index contributed by atoms with van der Waals surface area (Å²) in [6.45, 7) is 11.2. The van der Waals surface area contributed by atoms with Gasteiger partial charge >= 0.3 is 5.97 Å². The van der Waals surface area contributed by atoms with Gasteiger partial charge in [-0.2, -0.15) is 0 Å². The molecule has 0 heterocycles. The molecule has 0 bridgehead atoms. The minimum Gasteiger partial charge on any atom is -0.481 e. The fourth-order valence-electron chi connectivity index (χ4n) is 1.92. The first-order valence-corrected chi connectivity index (χ1v) is 6.09. The van der Waals surface area contributed by atoms with Crippen molar-refractivity contribution in [3.05, 3.63) is 41.5 Å². The molecule has 0 radical (unpaired) electrons. The molecular formula is C15H21NO2. The lowest BCUT2D eigenvalue weighted by Gasteiger charge is -2.26. The molecular weight excluding hydrogens is 226 g/mol. The number of nitrogens with zero attached hydrogens (tertiary/aromatic N) is 1. The topological polar surface area (TPSA) is 40.5 Å². The minimum atomic E-state index is -0.771. The summed E-state index contributed by atoms with van der Waals surface area (Å²) in [7, 11) is 0. The van der Waals surface area contributed by atoms with E-state index in [1.807, 2.05) is 19.1 Å². The molecule has 0 fully saturated rings. The monoisotopic (exact) mass is 247 g/mol. The molecule has 1 aromatic rings. The van der Waals surface area contributed by atoms with Crippen LogP contribution in [-0.4, -0.2) is 24.2 Å². The lowest BCUT2D eigenvalue weighted by molar-refractivity contribution is -0.136. The highest BCUT2D eigenvalue weighted by Gasteiger charge is 2.11. The molecule has 1 N–H and O–H groups in total.